The van der Waals surface area contributed by atoms with Crippen molar-refractivity contribution in [2.75, 3.05) is 13.1 Å². The van der Waals surface area contributed by atoms with E-state index in [1.807, 2.05) is 5.43 Å². The number of unbranched alkanes of at least 4 members (excludes halogenated alkanes) is 6. The summed E-state index contributed by atoms with van der Waals surface area (Å²) < 4.78 is 13.3. The molecule has 2 heterocycles. The lowest BCUT2D eigenvalue weighted by Crippen LogP contribution is -2.65. The largest absolute Gasteiger partial charge is 0.481 e. The number of carbonyl (C=O) groups excluding carboxylic acids is 4. The second-order valence-electron chi connectivity index (χ2n) is 17.3. The van der Waals surface area contributed by atoms with E-state index in [0.717, 1.165) is 57.8 Å². The molecule has 5 aliphatic rings. The molecule has 14 nitrogen and oxygen atoms in total. The van der Waals surface area contributed by atoms with Gasteiger partial charge in [-0.1, -0.05) is 77.4 Å². The first-order chi connectivity index (χ1) is 26.1. The zero-order valence-electron chi connectivity index (χ0n) is 33.3. The maximum atomic E-state index is 14.0. The van der Waals surface area contributed by atoms with Crippen LogP contribution in [0.15, 0.2) is 29.3 Å². The van der Waals surface area contributed by atoms with Crippen LogP contribution in [-0.4, -0.2) is 77.3 Å². The lowest BCUT2D eigenvalue weighted by Gasteiger charge is -2.64. The number of benzene rings is 1. The molecule has 2 aliphatic heterocycles. The maximum absolute atomic E-state index is 14.0. The number of nitrogens with zero attached hydrogens (tertiary/aromatic N) is 3. The fourth-order valence-electron chi connectivity index (χ4n) is 9.40. The Kier molecular flexibility index (Phi) is 14.2. The zero-order valence-corrected chi connectivity index (χ0v) is 33.3. The van der Waals surface area contributed by atoms with Gasteiger partial charge in [0.05, 0.1) is 28.8 Å². The molecule has 4 fully saturated rings. The summed E-state index contributed by atoms with van der Waals surface area (Å²) in [4.78, 5) is 68.4. The summed E-state index contributed by atoms with van der Waals surface area (Å²) in [5.41, 5.74) is 8.15. The highest BCUT2D eigenvalue weighted by atomic mass is 16.7. The molecule has 6 atom stereocenters. The second-order valence-corrected chi connectivity index (χ2v) is 17.3. The minimum atomic E-state index is -0.780. The number of carbonyl (C=O) groups is 4. The van der Waals surface area contributed by atoms with E-state index in [-0.39, 0.29) is 65.8 Å². The van der Waals surface area contributed by atoms with Crippen molar-refractivity contribution in [1.82, 2.24) is 15.6 Å². The molecule has 1 saturated heterocycles. The van der Waals surface area contributed by atoms with Crippen LogP contribution in [0.25, 0.3) is 0 Å². The van der Waals surface area contributed by atoms with E-state index in [1.165, 1.54) is 4.90 Å². The quantitative estimate of drug-likeness (QED) is 0.0252. The van der Waals surface area contributed by atoms with Gasteiger partial charge in [-0.3, -0.25) is 24.1 Å². The van der Waals surface area contributed by atoms with Crippen LogP contribution in [0, 0.1) is 39.2 Å². The van der Waals surface area contributed by atoms with Gasteiger partial charge in [0.1, 0.15) is 5.78 Å². The number of guanidine groups is 1. The monoisotopic (exact) mass is 764 g/mol. The van der Waals surface area contributed by atoms with E-state index >= 15 is 0 Å². The molecule has 3 aliphatic carbocycles. The Morgan fingerprint density at radius 2 is 1.65 bits per heavy atom. The molecule has 1 aromatic rings. The summed E-state index contributed by atoms with van der Waals surface area (Å²) >= 11 is 0. The molecule has 3 saturated carbocycles. The number of nitrogens with one attached hydrogen (secondary N) is 2. The highest BCUT2D eigenvalue weighted by Crippen LogP contribution is 2.65. The number of imide groups is 1. The van der Waals surface area contributed by atoms with Gasteiger partial charge in [0.2, 0.25) is 5.91 Å². The number of amides is 3. The Balaban J connectivity index is 1.07. The molecular formula is C40H61BN6O8. The first-order valence-corrected chi connectivity index (χ1v) is 20.4. The number of rotatable bonds is 22. The SMILES string of the molecule is CC(C)C[C@H](NC(=O)[C@H](CCCN=C(N)N[N+](=O)[O-])CC(=O)CCCCCCCCCN1C(=O)c2ccccc2C1=O)B1O[C@@H]2C[C@@H]3C[C@@H](C3(C)C)[C@]2(C)O1. The third-order valence-corrected chi connectivity index (χ3v) is 12.6. The number of hydrogen-bond acceptors (Lipinski definition) is 9. The Hall–Kier alpha value is -3.85. The van der Waals surface area contributed by atoms with Crippen LogP contribution in [0.2, 0.25) is 0 Å². The van der Waals surface area contributed by atoms with Gasteiger partial charge < -0.3 is 20.4 Å². The van der Waals surface area contributed by atoms with E-state index in [4.69, 9.17) is 15.0 Å². The standard InChI is InChI=1S/C40H61BN6O8/c1-26(2)22-34(41-54-33-25-28-24-32(39(28,3)4)40(33,5)55-41)44-35(49)27(16-15-20-43-38(42)45-47(52)53)23-29(48)17-11-9-7-6-8-10-14-21-46-36(50)30-18-12-13-19-31(30)37(46)51/h12-13,18-19,26-28,32-34H,6-11,14-17,20-25H2,1-5H3,(H,44,49)(H3,42,43,45)/t27-,28+,32+,33-,34+,40+/m1/s1. The lowest BCUT2D eigenvalue weighted by molar-refractivity contribution is -0.525. The summed E-state index contributed by atoms with van der Waals surface area (Å²) in [5, 5.41) is 13.1. The molecule has 302 valence electrons. The van der Waals surface area contributed by atoms with Gasteiger partial charge in [-0.25, -0.2) is 15.1 Å². The fourth-order valence-corrected chi connectivity index (χ4v) is 9.40. The first kappa shape index (κ1) is 42.3. The van der Waals surface area contributed by atoms with Crippen molar-refractivity contribution in [3.05, 3.63) is 45.5 Å². The van der Waals surface area contributed by atoms with E-state index in [0.29, 0.717) is 55.2 Å². The molecule has 55 heavy (non-hydrogen) atoms. The third-order valence-electron chi connectivity index (χ3n) is 12.6. The molecular weight excluding hydrogens is 703 g/mol. The lowest BCUT2D eigenvalue weighted by atomic mass is 9.43. The number of fused-ring (bicyclic) bond motifs is 1. The molecule has 1 aromatic carbocycles. The van der Waals surface area contributed by atoms with Gasteiger partial charge in [0.15, 0.2) is 5.03 Å². The van der Waals surface area contributed by atoms with Crippen LogP contribution in [0.3, 0.4) is 0 Å². The molecule has 4 N–H and O–H groups in total. The minimum absolute atomic E-state index is 0.0148. The summed E-state index contributed by atoms with van der Waals surface area (Å²) in [6, 6.07) is 6.93. The van der Waals surface area contributed by atoms with Gasteiger partial charge >= 0.3 is 7.12 Å². The predicted octanol–water partition coefficient (Wildman–Crippen LogP) is 5.65. The molecule has 2 bridgehead atoms. The van der Waals surface area contributed by atoms with Crippen molar-refractivity contribution >= 4 is 36.6 Å². The van der Waals surface area contributed by atoms with Crippen molar-refractivity contribution in [3.63, 3.8) is 0 Å². The normalized spacial score (nSPS) is 25.0. The van der Waals surface area contributed by atoms with Crippen molar-refractivity contribution in [2.24, 2.45) is 39.8 Å². The van der Waals surface area contributed by atoms with E-state index in [1.54, 1.807) is 24.3 Å². The Labute approximate surface area is 325 Å². The molecule has 15 heteroatoms. The first-order valence-electron chi connectivity index (χ1n) is 20.4. The van der Waals surface area contributed by atoms with Gasteiger partial charge in [-0.2, -0.15) is 0 Å². The number of nitro groups is 1. The minimum Gasteiger partial charge on any atom is -0.404 e. The smallest absolute Gasteiger partial charge is 0.404 e. The van der Waals surface area contributed by atoms with Crippen LogP contribution in [0.4, 0.5) is 0 Å². The molecule has 3 amide bonds. The van der Waals surface area contributed by atoms with Crippen LogP contribution in [0.1, 0.15) is 145 Å². The van der Waals surface area contributed by atoms with Crippen LogP contribution in [-0.2, 0) is 18.9 Å². The van der Waals surface area contributed by atoms with Gasteiger partial charge in [0.25, 0.3) is 17.8 Å². The molecule has 0 aromatic heterocycles. The van der Waals surface area contributed by atoms with Crippen LogP contribution >= 0.6 is 0 Å². The van der Waals surface area contributed by atoms with Crippen molar-refractivity contribution in [3.8, 4) is 0 Å². The summed E-state index contributed by atoms with van der Waals surface area (Å²) in [5.74, 6) is -0.659. The van der Waals surface area contributed by atoms with Crippen LogP contribution < -0.4 is 16.5 Å². The highest BCUT2D eigenvalue weighted by molar-refractivity contribution is 6.47. The van der Waals surface area contributed by atoms with Crippen molar-refractivity contribution in [2.45, 2.75) is 142 Å². The number of Topliss-reactive ketones (excluding diaryl/α,β-unsaturated/α-hetero) is 1. The van der Waals surface area contributed by atoms with Gasteiger partial charge in [-0.05, 0) is 87.2 Å². The average molecular weight is 765 g/mol. The van der Waals surface area contributed by atoms with Crippen molar-refractivity contribution < 1.29 is 33.5 Å². The third kappa shape index (κ3) is 10.1. The highest BCUT2D eigenvalue weighted by Gasteiger charge is 2.68. The number of hydrazine groups is 1. The second kappa shape index (κ2) is 18.4. The Morgan fingerprint density at radius 1 is 1.02 bits per heavy atom. The molecule has 0 unspecified atom stereocenters. The topological polar surface area (TPSA) is 196 Å². The maximum Gasteiger partial charge on any atom is 0.481 e. The summed E-state index contributed by atoms with van der Waals surface area (Å²) in [6.07, 6.45) is 10.2. The van der Waals surface area contributed by atoms with E-state index < -0.39 is 23.7 Å². The molecule has 0 radical (unpaired) electrons. The van der Waals surface area contributed by atoms with Gasteiger partial charge in [0, 0.05) is 31.8 Å². The molecule has 0 spiro atoms. The number of ketones is 1. The Bertz CT molecular complexity index is 1570. The summed E-state index contributed by atoms with van der Waals surface area (Å²) in [6.45, 7) is 11.6. The average Bonchev–Trinajstić information content (AvgIpc) is 3.60. The van der Waals surface area contributed by atoms with Crippen molar-refractivity contribution in [1.29, 1.82) is 0 Å². The fraction of sp³-hybridized carbons (Fsp3) is 0.725. The number of aliphatic imine (C=N–C) groups is 1. The number of hydrogen-bond donors (Lipinski definition) is 3. The van der Waals surface area contributed by atoms with E-state index in [2.05, 4.69) is 44.9 Å². The van der Waals surface area contributed by atoms with Gasteiger partial charge in [-0.15, -0.1) is 0 Å². The molecule has 6 rings (SSSR count). The van der Waals surface area contributed by atoms with Crippen LogP contribution in [0.5, 0.6) is 0 Å². The van der Waals surface area contributed by atoms with E-state index in [9.17, 15) is 29.3 Å². The Morgan fingerprint density at radius 3 is 2.27 bits per heavy atom. The summed E-state index contributed by atoms with van der Waals surface area (Å²) in [7, 11) is -0.576. The number of nitrogens with two attached hydrogens (primary N) is 1. The zero-order chi connectivity index (χ0) is 39.9. The predicted molar refractivity (Wildman–Crippen MR) is 209 cm³/mol.